The third-order valence-corrected chi connectivity index (χ3v) is 3.98. The number of primary amides is 1. The van der Waals surface area contributed by atoms with Crippen LogP contribution in [0, 0.1) is 0 Å². The van der Waals surface area contributed by atoms with Gasteiger partial charge in [-0.3, -0.25) is 9.69 Å². The molecule has 5 nitrogen and oxygen atoms in total. The fourth-order valence-electron chi connectivity index (χ4n) is 3.04. The molecule has 1 aliphatic carbocycles. The Bertz CT molecular complexity index is 272. The second-order valence-corrected chi connectivity index (χ2v) is 5.13. The Hall–Kier alpha value is -0.650. The summed E-state index contributed by atoms with van der Waals surface area (Å²) in [6.07, 6.45) is 4.92. The van der Waals surface area contributed by atoms with Crippen molar-refractivity contribution in [1.29, 1.82) is 0 Å². The summed E-state index contributed by atoms with van der Waals surface area (Å²) in [6.45, 7) is 2.28. The quantitative estimate of drug-likeness (QED) is 0.566. The molecule has 0 aromatic heterocycles. The molecule has 1 heterocycles. The highest BCUT2D eigenvalue weighted by Gasteiger charge is 2.35. The minimum Gasteiger partial charge on any atom is -0.391 e. The summed E-state index contributed by atoms with van der Waals surface area (Å²) in [6, 6.07) is -0.154. The number of piperazine rings is 1. The van der Waals surface area contributed by atoms with Gasteiger partial charge in [0.25, 0.3) is 0 Å². The predicted molar refractivity (Wildman–Crippen MR) is 65.4 cm³/mol. The smallest absolute Gasteiger partial charge is 0.236 e. The Kier molecular flexibility index (Phi) is 4.36. The van der Waals surface area contributed by atoms with Crippen molar-refractivity contribution < 1.29 is 9.90 Å². The van der Waals surface area contributed by atoms with Crippen molar-refractivity contribution in [2.75, 3.05) is 19.6 Å². The Labute approximate surface area is 102 Å². The topological polar surface area (TPSA) is 78.6 Å². The Morgan fingerprint density at radius 3 is 2.82 bits per heavy atom. The van der Waals surface area contributed by atoms with E-state index in [2.05, 4.69) is 10.2 Å². The van der Waals surface area contributed by atoms with Crippen LogP contribution in [0.1, 0.15) is 32.1 Å². The molecule has 0 spiro atoms. The van der Waals surface area contributed by atoms with Gasteiger partial charge in [-0.05, 0) is 12.8 Å². The molecule has 0 aromatic carbocycles. The summed E-state index contributed by atoms with van der Waals surface area (Å²) in [5.41, 5.74) is 5.45. The van der Waals surface area contributed by atoms with E-state index in [-0.39, 0.29) is 24.1 Å². The number of rotatable bonds is 2. The number of carbonyl (C=O) groups excluding carboxylic acids is 1. The average molecular weight is 241 g/mol. The molecule has 1 saturated carbocycles. The van der Waals surface area contributed by atoms with Crippen molar-refractivity contribution in [2.24, 2.45) is 5.73 Å². The van der Waals surface area contributed by atoms with Crippen molar-refractivity contribution in [1.82, 2.24) is 10.2 Å². The second-order valence-electron chi connectivity index (χ2n) is 5.13. The van der Waals surface area contributed by atoms with Crippen LogP contribution in [0.3, 0.4) is 0 Å². The SMILES string of the molecule is NC(=O)C1CNCCN1C1CCCCCC1O. The van der Waals surface area contributed by atoms with Crippen molar-refractivity contribution in [3.63, 3.8) is 0 Å². The van der Waals surface area contributed by atoms with E-state index in [1.54, 1.807) is 0 Å². The van der Waals surface area contributed by atoms with Crippen LogP contribution >= 0.6 is 0 Å². The van der Waals surface area contributed by atoms with Gasteiger partial charge in [-0.1, -0.05) is 19.3 Å². The van der Waals surface area contributed by atoms with E-state index in [1.807, 2.05) is 0 Å². The highest BCUT2D eigenvalue weighted by Crippen LogP contribution is 2.24. The molecule has 4 N–H and O–H groups in total. The van der Waals surface area contributed by atoms with Gasteiger partial charge >= 0.3 is 0 Å². The molecular formula is C12H23N3O2. The van der Waals surface area contributed by atoms with Crippen LogP contribution in [0.5, 0.6) is 0 Å². The molecule has 1 saturated heterocycles. The minimum atomic E-state index is -0.308. The largest absolute Gasteiger partial charge is 0.391 e. The first-order valence-corrected chi connectivity index (χ1v) is 6.64. The summed E-state index contributed by atoms with van der Waals surface area (Å²) < 4.78 is 0. The van der Waals surface area contributed by atoms with Gasteiger partial charge in [-0.25, -0.2) is 0 Å². The monoisotopic (exact) mass is 241 g/mol. The number of carbonyl (C=O) groups is 1. The minimum absolute atomic E-state index is 0.108. The van der Waals surface area contributed by atoms with Crippen molar-refractivity contribution in [2.45, 2.75) is 50.3 Å². The normalized spacial score (nSPS) is 36.4. The van der Waals surface area contributed by atoms with Gasteiger partial charge in [0, 0.05) is 25.7 Å². The number of nitrogens with one attached hydrogen (secondary N) is 1. The molecular weight excluding hydrogens is 218 g/mol. The van der Waals surface area contributed by atoms with Gasteiger partial charge in [0.1, 0.15) is 6.04 Å². The third kappa shape index (κ3) is 2.97. The van der Waals surface area contributed by atoms with Crippen molar-refractivity contribution >= 4 is 5.91 Å². The lowest BCUT2D eigenvalue weighted by atomic mass is 10.00. The number of hydrogen-bond acceptors (Lipinski definition) is 4. The molecule has 1 aliphatic heterocycles. The molecule has 0 aromatic rings. The molecule has 2 aliphatic rings. The molecule has 98 valence electrons. The van der Waals surface area contributed by atoms with Crippen LogP contribution in [-0.4, -0.2) is 53.7 Å². The van der Waals surface area contributed by atoms with E-state index in [9.17, 15) is 9.90 Å². The number of hydrogen-bond donors (Lipinski definition) is 3. The van der Waals surface area contributed by atoms with E-state index < -0.39 is 0 Å². The molecule has 0 bridgehead atoms. The van der Waals surface area contributed by atoms with Gasteiger partial charge in [0.05, 0.1) is 6.10 Å². The summed E-state index contributed by atoms with van der Waals surface area (Å²) in [4.78, 5) is 13.6. The van der Waals surface area contributed by atoms with E-state index in [4.69, 9.17) is 5.73 Å². The highest BCUT2D eigenvalue weighted by atomic mass is 16.3. The molecule has 17 heavy (non-hydrogen) atoms. The molecule has 3 atom stereocenters. The maximum Gasteiger partial charge on any atom is 0.236 e. The van der Waals surface area contributed by atoms with Crippen LogP contribution in [0.2, 0.25) is 0 Å². The van der Waals surface area contributed by atoms with E-state index in [0.29, 0.717) is 6.54 Å². The van der Waals surface area contributed by atoms with Gasteiger partial charge in [0.15, 0.2) is 0 Å². The van der Waals surface area contributed by atoms with Crippen molar-refractivity contribution in [3.8, 4) is 0 Å². The Balaban J connectivity index is 2.08. The Morgan fingerprint density at radius 2 is 2.06 bits per heavy atom. The van der Waals surface area contributed by atoms with Crippen LogP contribution in [0.25, 0.3) is 0 Å². The second kappa shape index (κ2) is 5.80. The summed E-state index contributed by atoms with van der Waals surface area (Å²) in [5.74, 6) is -0.284. The standard InChI is InChI=1S/C12H23N3O2/c13-12(17)10-8-14-6-7-15(10)9-4-2-1-3-5-11(9)16/h9-11,14,16H,1-8H2,(H2,13,17). The molecule has 5 heteroatoms. The predicted octanol–water partition coefficient (Wildman–Crippen LogP) is -0.561. The number of aliphatic hydroxyl groups is 1. The summed E-state index contributed by atoms with van der Waals surface area (Å²) in [5, 5.41) is 13.4. The number of nitrogens with zero attached hydrogens (tertiary/aromatic N) is 1. The zero-order valence-electron chi connectivity index (χ0n) is 10.3. The van der Waals surface area contributed by atoms with Crippen LogP contribution in [0.15, 0.2) is 0 Å². The van der Waals surface area contributed by atoms with Crippen molar-refractivity contribution in [3.05, 3.63) is 0 Å². The van der Waals surface area contributed by atoms with Gasteiger partial charge in [-0.15, -0.1) is 0 Å². The number of aliphatic hydroxyl groups excluding tert-OH is 1. The molecule has 2 fully saturated rings. The highest BCUT2D eigenvalue weighted by molar-refractivity contribution is 5.80. The van der Waals surface area contributed by atoms with E-state index in [1.165, 1.54) is 6.42 Å². The fourth-order valence-corrected chi connectivity index (χ4v) is 3.04. The number of nitrogens with two attached hydrogens (primary N) is 1. The molecule has 0 radical (unpaired) electrons. The van der Waals surface area contributed by atoms with Gasteiger partial charge < -0.3 is 16.2 Å². The van der Waals surface area contributed by atoms with Crippen LogP contribution in [-0.2, 0) is 4.79 Å². The molecule has 3 unspecified atom stereocenters. The maximum absolute atomic E-state index is 11.5. The molecule has 2 rings (SSSR count). The zero-order chi connectivity index (χ0) is 12.3. The summed E-state index contributed by atoms with van der Waals surface area (Å²) in [7, 11) is 0. The Morgan fingerprint density at radius 1 is 1.29 bits per heavy atom. The number of amides is 1. The van der Waals surface area contributed by atoms with Crippen LogP contribution in [0.4, 0.5) is 0 Å². The zero-order valence-corrected chi connectivity index (χ0v) is 10.3. The molecule has 1 amide bonds. The lowest BCUT2D eigenvalue weighted by Gasteiger charge is -2.41. The summed E-state index contributed by atoms with van der Waals surface area (Å²) >= 11 is 0. The maximum atomic E-state index is 11.5. The van der Waals surface area contributed by atoms with Crippen LogP contribution < -0.4 is 11.1 Å². The van der Waals surface area contributed by atoms with E-state index in [0.717, 1.165) is 38.8 Å². The fraction of sp³-hybridized carbons (Fsp3) is 0.917. The lowest BCUT2D eigenvalue weighted by Crippen LogP contribution is -2.62. The van der Waals surface area contributed by atoms with E-state index >= 15 is 0 Å². The lowest BCUT2D eigenvalue weighted by molar-refractivity contribution is -0.126. The van der Waals surface area contributed by atoms with Gasteiger partial charge in [-0.2, -0.15) is 0 Å². The first-order valence-electron chi connectivity index (χ1n) is 6.64. The average Bonchev–Trinajstić information content (AvgIpc) is 2.54. The first-order chi connectivity index (χ1) is 8.20. The van der Waals surface area contributed by atoms with Gasteiger partial charge in [0.2, 0.25) is 5.91 Å². The first kappa shape index (κ1) is 12.8. The third-order valence-electron chi connectivity index (χ3n) is 3.98.